The highest BCUT2D eigenvalue weighted by Gasteiger charge is 2.41. The van der Waals surface area contributed by atoms with Crippen molar-refractivity contribution in [2.75, 3.05) is 13.7 Å². The summed E-state index contributed by atoms with van der Waals surface area (Å²) in [6.45, 7) is 6.56. The van der Waals surface area contributed by atoms with Crippen LogP contribution < -0.4 is 21.1 Å². The van der Waals surface area contributed by atoms with Crippen LogP contribution in [0.4, 0.5) is 13.2 Å². The molecule has 1 amide bonds. The van der Waals surface area contributed by atoms with Gasteiger partial charge >= 0.3 is 12.1 Å². The van der Waals surface area contributed by atoms with E-state index in [0.29, 0.717) is 18.5 Å². The van der Waals surface area contributed by atoms with Gasteiger partial charge in [0.2, 0.25) is 0 Å². The number of halogens is 3. The quantitative estimate of drug-likeness (QED) is 0.170. The Balaban J connectivity index is 1.62. The van der Waals surface area contributed by atoms with Gasteiger partial charge in [-0.15, -0.1) is 11.3 Å². The number of aliphatic hydroxyl groups is 1. The highest BCUT2D eigenvalue weighted by Crippen LogP contribution is 2.30. The fraction of sp³-hybridized carbons (Fsp3) is 0.423. The summed E-state index contributed by atoms with van der Waals surface area (Å²) >= 11 is 1.17. The smallest absolute Gasteiger partial charge is 0.471 e. The molecular weight excluding hydrogens is 519 g/mol. The first-order valence-corrected chi connectivity index (χ1v) is 12.8. The van der Waals surface area contributed by atoms with Gasteiger partial charge in [0.15, 0.2) is 5.96 Å². The van der Waals surface area contributed by atoms with Crippen LogP contribution in [0, 0.1) is 20.8 Å². The van der Waals surface area contributed by atoms with Crippen LogP contribution in [0.3, 0.4) is 0 Å². The number of aryl methyl sites for hydroxylation is 1. The Kier molecular flexibility index (Phi) is 9.55. The maximum absolute atomic E-state index is 12.9. The van der Waals surface area contributed by atoms with Crippen molar-refractivity contribution in [3.05, 3.63) is 57.6 Å². The standard InChI is InChI=1S/C26H32F3N5O3S/c1-14-12-20(37-4)16(3)15(2)17(14)13-32-25(30)31-11-7-9-19(34-24(36)26(27,28)29)22(35)23-33-18-8-5-6-10-21(18)38-23/h5-6,8,10,12,19,22,35H,7,9,11,13H2,1-4H3,(H,34,36)(H3,30,31,32)/t19-,22?/m0/s1. The van der Waals surface area contributed by atoms with Gasteiger partial charge in [-0.05, 0) is 74.1 Å². The van der Waals surface area contributed by atoms with Crippen molar-refractivity contribution in [1.29, 1.82) is 0 Å². The Bertz CT molecular complexity index is 1280. The number of para-hydroxylation sites is 1. The van der Waals surface area contributed by atoms with Crippen molar-refractivity contribution in [3.8, 4) is 5.75 Å². The van der Waals surface area contributed by atoms with Crippen LogP contribution in [0.15, 0.2) is 35.3 Å². The van der Waals surface area contributed by atoms with Crippen LogP contribution in [0.5, 0.6) is 5.75 Å². The molecule has 2 aromatic carbocycles. The maximum Gasteiger partial charge on any atom is 0.471 e. The van der Waals surface area contributed by atoms with E-state index in [2.05, 4.69) is 15.3 Å². The second kappa shape index (κ2) is 12.4. The molecule has 1 unspecified atom stereocenters. The molecule has 12 heteroatoms. The summed E-state index contributed by atoms with van der Waals surface area (Å²) < 4.78 is 45.0. The van der Waals surface area contributed by atoms with E-state index in [1.54, 1.807) is 31.4 Å². The van der Waals surface area contributed by atoms with E-state index in [4.69, 9.17) is 10.5 Å². The molecule has 0 saturated carbocycles. The first-order valence-electron chi connectivity index (χ1n) is 12.0. The molecule has 1 heterocycles. The molecule has 0 aliphatic heterocycles. The fourth-order valence-electron chi connectivity index (χ4n) is 4.06. The zero-order valence-corrected chi connectivity index (χ0v) is 22.5. The van der Waals surface area contributed by atoms with Crippen LogP contribution in [0.1, 0.15) is 46.2 Å². The predicted molar refractivity (Wildman–Crippen MR) is 142 cm³/mol. The van der Waals surface area contributed by atoms with Gasteiger partial charge in [0.1, 0.15) is 16.9 Å². The number of hydrogen-bond donors (Lipinski definition) is 4. The Morgan fingerprint density at radius 2 is 1.95 bits per heavy atom. The summed E-state index contributed by atoms with van der Waals surface area (Å²) in [5, 5.41) is 15.9. The molecule has 0 bridgehead atoms. The highest BCUT2D eigenvalue weighted by molar-refractivity contribution is 7.18. The lowest BCUT2D eigenvalue weighted by atomic mass is 9.97. The predicted octanol–water partition coefficient (Wildman–Crippen LogP) is 4.20. The number of carbonyl (C=O) groups is 1. The SMILES string of the molecule is COc1cc(C)c(CN=C(N)NCCC[C@H](NC(=O)C(F)(F)F)C(O)c2nc3ccccc3s2)c(C)c1C. The van der Waals surface area contributed by atoms with Gasteiger partial charge in [0, 0.05) is 6.54 Å². The maximum atomic E-state index is 12.9. The molecule has 206 valence electrons. The van der Waals surface area contributed by atoms with E-state index in [-0.39, 0.29) is 23.9 Å². The van der Waals surface area contributed by atoms with E-state index in [0.717, 1.165) is 32.7 Å². The van der Waals surface area contributed by atoms with Crippen molar-refractivity contribution < 1.29 is 27.8 Å². The molecule has 3 aromatic rings. The van der Waals surface area contributed by atoms with E-state index in [1.807, 2.05) is 32.2 Å². The van der Waals surface area contributed by atoms with E-state index in [1.165, 1.54) is 11.3 Å². The number of fused-ring (bicyclic) bond motifs is 1. The molecule has 0 radical (unpaired) electrons. The van der Waals surface area contributed by atoms with E-state index in [9.17, 15) is 23.1 Å². The monoisotopic (exact) mass is 551 g/mol. The van der Waals surface area contributed by atoms with E-state index >= 15 is 0 Å². The number of alkyl halides is 3. The Morgan fingerprint density at radius 3 is 2.61 bits per heavy atom. The third-order valence-electron chi connectivity index (χ3n) is 6.35. The molecule has 2 atom stereocenters. The number of amides is 1. The molecular formula is C26H32F3N5O3S. The zero-order valence-electron chi connectivity index (χ0n) is 21.6. The van der Waals surface area contributed by atoms with Crippen LogP contribution in [-0.2, 0) is 11.3 Å². The minimum Gasteiger partial charge on any atom is -0.496 e. The van der Waals surface area contributed by atoms with Crippen molar-refractivity contribution in [3.63, 3.8) is 0 Å². The second-order valence-corrected chi connectivity index (χ2v) is 10.00. The normalized spacial score (nSPS) is 13.8. The van der Waals surface area contributed by atoms with Crippen LogP contribution in [0.2, 0.25) is 0 Å². The molecule has 1 aromatic heterocycles. The first-order chi connectivity index (χ1) is 17.9. The number of nitrogens with one attached hydrogen (secondary N) is 2. The van der Waals surface area contributed by atoms with Crippen molar-refractivity contribution >= 4 is 33.4 Å². The summed E-state index contributed by atoms with van der Waals surface area (Å²) in [6.07, 6.45) is -6.12. The Hall–Kier alpha value is -3.38. The zero-order chi connectivity index (χ0) is 28.0. The van der Waals surface area contributed by atoms with Gasteiger partial charge in [-0.2, -0.15) is 13.2 Å². The van der Waals surface area contributed by atoms with Gasteiger partial charge < -0.3 is 26.2 Å². The number of guanidine groups is 1. The third-order valence-corrected chi connectivity index (χ3v) is 7.46. The van der Waals surface area contributed by atoms with Gasteiger partial charge in [0.25, 0.3) is 0 Å². The number of nitrogens with zero attached hydrogens (tertiary/aromatic N) is 2. The summed E-state index contributed by atoms with van der Waals surface area (Å²) in [6, 6.07) is 7.87. The van der Waals surface area contributed by atoms with Crippen LogP contribution in [0.25, 0.3) is 10.2 Å². The number of aromatic nitrogens is 1. The summed E-state index contributed by atoms with van der Waals surface area (Å²) in [7, 11) is 1.62. The molecule has 5 N–H and O–H groups in total. The minimum atomic E-state index is -5.07. The molecule has 0 fully saturated rings. The number of hydrogen-bond acceptors (Lipinski definition) is 6. The van der Waals surface area contributed by atoms with Gasteiger partial charge in [0.05, 0.1) is 29.9 Å². The number of aliphatic hydroxyl groups excluding tert-OH is 1. The number of rotatable bonds is 10. The average Bonchev–Trinajstić information content (AvgIpc) is 3.31. The van der Waals surface area contributed by atoms with Crippen molar-refractivity contribution in [2.24, 2.45) is 10.7 Å². The molecule has 3 rings (SSSR count). The highest BCUT2D eigenvalue weighted by atomic mass is 32.1. The van der Waals surface area contributed by atoms with E-state index < -0.39 is 24.2 Å². The number of nitrogens with two attached hydrogens (primary N) is 1. The Morgan fingerprint density at radius 1 is 1.24 bits per heavy atom. The molecule has 0 aliphatic rings. The number of methoxy groups -OCH3 is 1. The summed E-state index contributed by atoms with van der Waals surface area (Å²) in [5.74, 6) is -1.13. The Labute approximate surface area is 223 Å². The van der Waals surface area contributed by atoms with Crippen LogP contribution >= 0.6 is 11.3 Å². The second-order valence-electron chi connectivity index (χ2n) is 8.94. The number of ether oxygens (including phenoxy) is 1. The first kappa shape index (κ1) is 29.2. The molecule has 0 aliphatic carbocycles. The largest absolute Gasteiger partial charge is 0.496 e. The van der Waals surface area contributed by atoms with Gasteiger partial charge in [-0.3, -0.25) is 4.79 Å². The van der Waals surface area contributed by atoms with Crippen LogP contribution in [-0.4, -0.2) is 47.8 Å². The molecule has 0 saturated heterocycles. The number of thiazole rings is 1. The number of aliphatic imine (C=N–C) groups is 1. The van der Waals surface area contributed by atoms with Crippen molar-refractivity contribution in [2.45, 2.75) is 58.5 Å². The van der Waals surface area contributed by atoms with Gasteiger partial charge in [-0.1, -0.05) is 12.1 Å². The lowest BCUT2D eigenvalue weighted by molar-refractivity contribution is -0.175. The third kappa shape index (κ3) is 7.13. The number of benzene rings is 2. The average molecular weight is 552 g/mol. The van der Waals surface area contributed by atoms with Crippen molar-refractivity contribution in [1.82, 2.24) is 15.6 Å². The summed E-state index contributed by atoms with van der Waals surface area (Å²) in [5.41, 5.74) is 10.8. The number of carbonyl (C=O) groups excluding carboxylic acids is 1. The molecule has 38 heavy (non-hydrogen) atoms. The topological polar surface area (TPSA) is 122 Å². The lowest BCUT2D eigenvalue weighted by Gasteiger charge is -2.23. The molecule has 0 spiro atoms. The molecule has 8 nitrogen and oxygen atoms in total. The minimum absolute atomic E-state index is 0.0507. The fourth-order valence-corrected chi connectivity index (χ4v) is 5.08. The lowest BCUT2D eigenvalue weighted by Crippen LogP contribution is -2.46. The van der Waals surface area contributed by atoms with Gasteiger partial charge in [-0.25, -0.2) is 9.98 Å². The summed E-state index contributed by atoms with van der Waals surface area (Å²) in [4.78, 5) is 20.3.